The van der Waals surface area contributed by atoms with Gasteiger partial charge in [0.25, 0.3) is 0 Å². The molecule has 1 saturated heterocycles. The molecule has 0 saturated carbocycles. The van der Waals surface area contributed by atoms with Crippen LogP contribution in [-0.2, 0) is 10.0 Å². The van der Waals surface area contributed by atoms with Gasteiger partial charge >= 0.3 is 0 Å². The van der Waals surface area contributed by atoms with E-state index in [-0.39, 0.29) is 4.90 Å². The highest BCUT2D eigenvalue weighted by molar-refractivity contribution is 7.89. The van der Waals surface area contributed by atoms with Crippen LogP contribution in [0.3, 0.4) is 0 Å². The van der Waals surface area contributed by atoms with Gasteiger partial charge < -0.3 is 10.3 Å². The van der Waals surface area contributed by atoms with Crippen LogP contribution in [0.4, 0.5) is 0 Å². The molecule has 7 heteroatoms. The van der Waals surface area contributed by atoms with E-state index in [9.17, 15) is 8.42 Å². The molecule has 0 amide bonds. The van der Waals surface area contributed by atoms with Crippen LogP contribution in [0.1, 0.15) is 24.3 Å². The van der Waals surface area contributed by atoms with Crippen molar-refractivity contribution in [1.82, 2.24) is 9.46 Å². The molecule has 0 atom stereocenters. The second-order valence-corrected chi connectivity index (χ2v) is 6.61. The fourth-order valence-electron chi connectivity index (χ4n) is 2.36. The Bertz CT molecular complexity index is 496. The Balaban J connectivity index is 2.23. The van der Waals surface area contributed by atoms with Gasteiger partial charge in [-0.25, -0.2) is 8.42 Å². The van der Waals surface area contributed by atoms with E-state index in [0.717, 1.165) is 12.8 Å². The topological polar surface area (TPSA) is 89.4 Å². The van der Waals surface area contributed by atoms with Gasteiger partial charge in [0, 0.05) is 13.1 Å². The molecule has 0 bridgehead atoms. The Kier molecular flexibility index (Phi) is 3.74. The SMILES string of the molecule is Cc1noc(C)c1S(=O)(=O)N1CCC(CN)CC1. The lowest BCUT2D eigenvalue weighted by atomic mass is 9.99. The lowest BCUT2D eigenvalue weighted by Crippen LogP contribution is -2.40. The molecule has 6 nitrogen and oxygen atoms in total. The largest absolute Gasteiger partial charge is 0.360 e. The van der Waals surface area contributed by atoms with Crippen LogP contribution in [-0.4, -0.2) is 37.5 Å². The molecule has 1 aromatic rings. The van der Waals surface area contributed by atoms with Crippen molar-refractivity contribution in [3.63, 3.8) is 0 Å². The summed E-state index contributed by atoms with van der Waals surface area (Å²) in [5, 5.41) is 3.71. The summed E-state index contributed by atoms with van der Waals surface area (Å²) in [6.45, 7) is 4.94. The Morgan fingerprint density at radius 2 is 2.00 bits per heavy atom. The monoisotopic (exact) mass is 273 g/mol. The Hall–Kier alpha value is -0.920. The lowest BCUT2D eigenvalue weighted by molar-refractivity contribution is 0.278. The molecule has 2 N–H and O–H groups in total. The minimum atomic E-state index is -3.48. The summed E-state index contributed by atoms with van der Waals surface area (Å²) < 4.78 is 31.4. The van der Waals surface area contributed by atoms with E-state index in [2.05, 4.69) is 5.16 Å². The van der Waals surface area contributed by atoms with Gasteiger partial charge in [0.05, 0.1) is 0 Å². The van der Waals surface area contributed by atoms with Crippen LogP contribution in [0.15, 0.2) is 9.42 Å². The van der Waals surface area contributed by atoms with Gasteiger partial charge in [-0.05, 0) is 39.2 Å². The molecular formula is C11H19N3O3S. The van der Waals surface area contributed by atoms with Gasteiger partial charge in [-0.3, -0.25) is 0 Å². The van der Waals surface area contributed by atoms with Crippen molar-refractivity contribution >= 4 is 10.0 Å². The first-order valence-corrected chi connectivity index (χ1v) is 7.54. The third-order valence-electron chi connectivity index (χ3n) is 3.47. The highest BCUT2D eigenvalue weighted by Gasteiger charge is 2.33. The molecular weight excluding hydrogens is 254 g/mol. The summed E-state index contributed by atoms with van der Waals surface area (Å²) in [4.78, 5) is 0.216. The zero-order chi connectivity index (χ0) is 13.3. The minimum Gasteiger partial charge on any atom is -0.360 e. The number of hydrogen-bond donors (Lipinski definition) is 1. The van der Waals surface area contributed by atoms with Gasteiger partial charge in [-0.2, -0.15) is 4.31 Å². The number of sulfonamides is 1. The van der Waals surface area contributed by atoms with Crippen LogP contribution >= 0.6 is 0 Å². The van der Waals surface area contributed by atoms with Gasteiger partial charge in [-0.1, -0.05) is 5.16 Å². The quantitative estimate of drug-likeness (QED) is 0.873. The Morgan fingerprint density at radius 3 is 2.44 bits per heavy atom. The molecule has 0 aliphatic carbocycles. The van der Waals surface area contributed by atoms with E-state index >= 15 is 0 Å². The van der Waals surface area contributed by atoms with Crippen molar-refractivity contribution in [2.24, 2.45) is 11.7 Å². The average Bonchev–Trinajstić information content (AvgIpc) is 2.69. The summed E-state index contributed by atoms with van der Waals surface area (Å²) in [7, 11) is -3.48. The summed E-state index contributed by atoms with van der Waals surface area (Å²) in [5.74, 6) is 0.787. The smallest absolute Gasteiger partial charge is 0.248 e. The van der Waals surface area contributed by atoms with Crippen LogP contribution < -0.4 is 5.73 Å². The highest BCUT2D eigenvalue weighted by atomic mass is 32.2. The number of nitrogens with zero attached hydrogens (tertiary/aromatic N) is 2. The lowest BCUT2D eigenvalue weighted by Gasteiger charge is -2.30. The second-order valence-electron chi connectivity index (χ2n) is 4.74. The van der Waals surface area contributed by atoms with Crippen LogP contribution in [0.25, 0.3) is 0 Å². The van der Waals surface area contributed by atoms with E-state index in [4.69, 9.17) is 10.3 Å². The van der Waals surface area contributed by atoms with E-state index in [1.165, 1.54) is 4.31 Å². The maximum Gasteiger partial charge on any atom is 0.248 e. The van der Waals surface area contributed by atoms with Crippen LogP contribution in [0.5, 0.6) is 0 Å². The molecule has 1 aliphatic heterocycles. The van der Waals surface area contributed by atoms with Crippen molar-refractivity contribution in [1.29, 1.82) is 0 Å². The molecule has 18 heavy (non-hydrogen) atoms. The molecule has 0 spiro atoms. The van der Waals surface area contributed by atoms with Crippen molar-refractivity contribution in [3.05, 3.63) is 11.5 Å². The first-order valence-electron chi connectivity index (χ1n) is 6.10. The number of rotatable bonds is 3. The van der Waals surface area contributed by atoms with Crippen LogP contribution in [0.2, 0.25) is 0 Å². The van der Waals surface area contributed by atoms with Crippen molar-refractivity contribution in [2.75, 3.05) is 19.6 Å². The normalized spacial score (nSPS) is 19.3. The first kappa shape index (κ1) is 13.5. The summed E-state index contributed by atoms with van der Waals surface area (Å²) in [6, 6.07) is 0. The molecule has 0 radical (unpaired) electrons. The summed E-state index contributed by atoms with van der Waals surface area (Å²) >= 11 is 0. The number of nitrogens with two attached hydrogens (primary N) is 1. The molecule has 1 aliphatic rings. The summed E-state index contributed by atoms with van der Waals surface area (Å²) in [5.41, 5.74) is 6.03. The highest BCUT2D eigenvalue weighted by Crippen LogP contribution is 2.27. The molecule has 1 fully saturated rings. The number of aromatic nitrogens is 1. The zero-order valence-electron chi connectivity index (χ0n) is 10.7. The third-order valence-corrected chi connectivity index (χ3v) is 5.62. The minimum absolute atomic E-state index is 0.216. The van der Waals surface area contributed by atoms with Gasteiger partial charge in [0.2, 0.25) is 10.0 Å². The number of piperidine rings is 1. The Morgan fingerprint density at radius 1 is 1.39 bits per heavy atom. The van der Waals surface area contributed by atoms with Crippen molar-refractivity contribution in [2.45, 2.75) is 31.6 Å². The van der Waals surface area contributed by atoms with Gasteiger partial charge in [0.15, 0.2) is 5.76 Å². The zero-order valence-corrected chi connectivity index (χ0v) is 11.5. The Labute approximate surface area is 107 Å². The predicted octanol–water partition coefficient (Wildman–Crippen LogP) is 0.651. The molecule has 2 rings (SSSR count). The van der Waals surface area contributed by atoms with E-state index in [0.29, 0.717) is 37.0 Å². The molecule has 102 valence electrons. The standard InChI is InChI=1S/C11H19N3O3S/c1-8-11(9(2)17-13-8)18(15,16)14-5-3-10(7-12)4-6-14/h10H,3-7,12H2,1-2H3. The van der Waals surface area contributed by atoms with E-state index < -0.39 is 10.0 Å². The fourth-order valence-corrected chi connectivity index (χ4v) is 4.12. The molecule has 1 aromatic heterocycles. The van der Waals surface area contributed by atoms with Gasteiger partial charge in [-0.15, -0.1) is 0 Å². The fraction of sp³-hybridized carbons (Fsp3) is 0.727. The first-order chi connectivity index (χ1) is 8.46. The molecule has 0 aromatic carbocycles. The van der Waals surface area contributed by atoms with E-state index in [1.807, 2.05) is 0 Å². The maximum atomic E-state index is 12.5. The summed E-state index contributed by atoms with van der Waals surface area (Å²) in [6.07, 6.45) is 1.64. The number of hydrogen-bond acceptors (Lipinski definition) is 5. The average molecular weight is 273 g/mol. The maximum absolute atomic E-state index is 12.5. The van der Waals surface area contributed by atoms with E-state index in [1.54, 1.807) is 13.8 Å². The number of aryl methyl sites for hydroxylation is 2. The van der Waals surface area contributed by atoms with Crippen molar-refractivity contribution < 1.29 is 12.9 Å². The van der Waals surface area contributed by atoms with Gasteiger partial charge in [0.1, 0.15) is 10.6 Å². The predicted molar refractivity (Wildman–Crippen MR) is 66.5 cm³/mol. The second kappa shape index (κ2) is 4.99. The van der Waals surface area contributed by atoms with Crippen LogP contribution in [0, 0.1) is 19.8 Å². The molecule has 2 heterocycles. The molecule has 0 unspecified atom stereocenters. The van der Waals surface area contributed by atoms with Crippen molar-refractivity contribution in [3.8, 4) is 0 Å². The third kappa shape index (κ3) is 2.30.